The van der Waals surface area contributed by atoms with Gasteiger partial charge in [0.1, 0.15) is 12.1 Å². The van der Waals surface area contributed by atoms with Crippen LogP contribution in [-0.4, -0.2) is 21.0 Å². The van der Waals surface area contributed by atoms with Crippen LogP contribution in [0.3, 0.4) is 0 Å². The Labute approximate surface area is 151 Å². The maximum absolute atomic E-state index is 11.8. The van der Waals surface area contributed by atoms with Crippen molar-refractivity contribution in [1.82, 2.24) is 9.97 Å². The summed E-state index contributed by atoms with van der Waals surface area (Å²) in [5.74, 6) is -0.333. The molecule has 1 atom stereocenters. The highest BCUT2D eigenvalue weighted by Crippen LogP contribution is 2.34. The standard InChI is InChI=1S/C21H19N3O2/c25-21(26)18(15-8-2-1-3-9-15)24-20-17-12-6-10-14-7-4-5-11-16(14)19(17)22-13-23-20/h1-5,7-9,11,13,18H,6,10,12H2,(H,25,26)(H,22,23,24)/t18-/m1/s1. The average molecular weight is 345 g/mol. The summed E-state index contributed by atoms with van der Waals surface area (Å²) >= 11 is 0. The molecule has 0 amide bonds. The molecule has 1 aliphatic carbocycles. The van der Waals surface area contributed by atoms with Crippen molar-refractivity contribution < 1.29 is 9.90 Å². The summed E-state index contributed by atoms with van der Waals surface area (Å²) in [5, 5.41) is 12.8. The summed E-state index contributed by atoms with van der Waals surface area (Å²) in [7, 11) is 0. The van der Waals surface area contributed by atoms with Crippen LogP contribution in [0.15, 0.2) is 60.9 Å². The van der Waals surface area contributed by atoms with Gasteiger partial charge in [0, 0.05) is 11.1 Å². The molecule has 3 aromatic rings. The molecule has 1 aliphatic rings. The summed E-state index contributed by atoms with van der Waals surface area (Å²) in [6.45, 7) is 0. The van der Waals surface area contributed by atoms with Crippen LogP contribution >= 0.6 is 0 Å². The molecule has 0 saturated carbocycles. The van der Waals surface area contributed by atoms with E-state index in [1.54, 1.807) is 12.1 Å². The van der Waals surface area contributed by atoms with E-state index in [-0.39, 0.29) is 0 Å². The zero-order valence-corrected chi connectivity index (χ0v) is 14.2. The van der Waals surface area contributed by atoms with E-state index in [0.29, 0.717) is 11.4 Å². The van der Waals surface area contributed by atoms with Crippen LogP contribution < -0.4 is 5.32 Å². The molecular weight excluding hydrogens is 326 g/mol. The van der Waals surface area contributed by atoms with E-state index >= 15 is 0 Å². The Hall–Kier alpha value is -3.21. The van der Waals surface area contributed by atoms with Crippen molar-refractivity contribution in [3.63, 3.8) is 0 Å². The fraction of sp³-hybridized carbons (Fsp3) is 0.190. The van der Waals surface area contributed by atoms with E-state index < -0.39 is 12.0 Å². The summed E-state index contributed by atoms with van der Waals surface area (Å²) < 4.78 is 0. The van der Waals surface area contributed by atoms with Gasteiger partial charge < -0.3 is 10.4 Å². The number of hydrogen-bond donors (Lipinski definition) is 2. The minimum Gasteiger partial charge on any atom is -0.479 e. The third kappa shape index (κ3) is 3.04. The van der Waals surface area contributed by atoms with Crippen molar-refractivity contribution >= 4 is 11.8 Å². The summed E-state index contributed by atoms with van der Waals surface area (Å²) in [5.41, 5.74) is 4.96. The van der Waals surface area contributed by atoms with Crippen molar-refractivity contribution in [2.45, 2.75) is 25.3 Å². The molecule has 2 aromatic carbocycles. The summed E-state index contributed by atoms with van der Waals surface area (Å²) in [4.78, 5) is 20.7. The third-order valence-corrected chi connectivity index (χ3v) is 4.75. The van der Waals surface area contributed by atoms with Crippen LogP contribution in [0.2, 0.25) is 0 Å². The predicted octanol–water partition coefficient (Wildman–Crippen LogP) is 3.87. The van der Waals surface area contributed by atoms with Crippen LogP contribution in [-0.2, 0) is 17.6 Å². The lowest BCUT2D eigenvalue weighted by molar-refractivity contribution is -0.138. The van der Waals surface area contributed by atoms with Gasteiger partial charge in [0.15, 0.2) is 6.04 Å². The highest BCUT2D eigenvalue weighted by Gasteiger charge is 2.24. The molecule has 5 heteroatoms. The topological polar surface area (TPSA) is 75.1 Å². The van der Waals surface area contributed by atoms with Gasteiger partial charge in [-0.2, -0.15) is 0 Å². The molecule has 0 aliphatic heterocycles. The van der Waals surface area contributed by atoms with Gasteiger partial charge in [0.05, 0.1) is 5.69 Å². The second-order valence-corrected chi connectivity index (χ2v) is 6.39. The van der Waals surface area contributed by atoms with E-state index in [0.717, 1.165) is 36.1 Å². The van der Waals surface area contributed by atoms with Gasteiger partial charge in [-0.3, -0.25) is 0 Å². The van der Waals surface area contributed by atoms with Crippen LogP contribution in [0, 0.1) is 0 Å². The summed E-state index contributed by atoms with van der Waals surface area (Å²) in [6.07, 6.45) is 4.28. The maximum Gasteiger partial charge on any atom is 0.330 e. The number of nitrogens with zero attached hydrogens (tertiary/aromatic N) is 2. The van der Waals surface area contributed by atoms with E-state index in [4.69, 9.17) is 0 Å². The number of anilines is 1. The number of rotatable bonds is 4. The zero-order valence-electron chi connectivity index (χ0n) is 14.2. The Balaban J connectivity index is 1.76. The number of aromatic nitrogens is 2. The van der Waals surface area contributed by atoms with Crippen molar-refractivity contribution in [1.29, 1.82) is 0 Å². The first kappa shape index (κ1) is 16.3. The van der Waals surface area contributed by atoms with E-state index in [9.17, 15) is 9.90 Å². The molecule has 1 heterocycles. The molecule has 130 valence electrons. The van der Waals surface area contributed by atoms with Gasteiger partial charge >= 0.3 is 5.97 Å². The predicted molar refractivity (Wildman–Crippen MR) is 99.9 cm³/mol. The first-order valence-corrected chi connectivity index (χ1v) is 8.70. The molecule has 2 N–H and O–H groups in total. The number of hydrogen-bond acceptors (Lipinski definition) is 4. The summed E-state index contributed by atoms with van der Waals surface area (Å²) in [6, 6.07) is 16.6. The van der Waals surface area contributed by atoms with Gasteiger partial charge in [0.25, 0.3) is 0 Å². The largest absolute Gasteiger partial charge is 0.479 e. The molecule has 4 rings (SSSR count). The monoisotopic (exact) mass is 345 g/mol. The number of fused-ring (bicyclic) bond motifs is 3. The molecule has 0 radical (unpaired) electrons. The molecule has 0 spiro atoms. The van der Waals surface area contributed by atoms with Crippen molar-refractivity contribution in [3.8, 4) is 11.3 Å². The van der Waals surface area contributed by atoms with Crippen molar-refractivity contribution in [2.75, 3.05) is 5.32 Å². The average Bonchev–Trinajstić information content (AvgIpc) is 2.86. The lowest BCUT2D eigenvalue weighted by Gasteiger charge is -2.19. The van der Waals surface area contributed by atoms with Crippen LogP contribution in [0.25, 0.3) is 11.3 Å². The van der Waals surface area contributed by atoms with Crippen molar-refractivity contribution in [2.24, 2.45) is 0 Å². The number of nitrogens with one attached hydrogen (secondary N) is 1. The second kappa shape index (κ2) is 6.96. The highest BCUT2D eigenvalue weighted by atomic mass is 16.4. The third-order valence-electron chi connectivity index (χ3n) is 4.75. The van der Waals surface area contributed by atoms with Crippen molar-refractivity contribution in [3.05, 3.63) is 77.6 Å². The molecule has 1 aromatic heterocycles. The number of carboxylic acids is 1. The van der Waals surface area contributed by atoms with E-state index in [2.05, 4.69) is 27.4 Å². The minimum atomic E-state index is -0.933. The second-order valence-electron chi connectivity index (χ2n) is 6.39. The number of benzene rings is 2. The molecule has 26 heavy (non-hydrogen) atoms. The fourth-order valence-electron chi connectivity index (χ4n) is 3.50. The highest BCUT2D eigenvalue weighted by molar-refractivity contribution is 5.80. The quantitative estimate of drug-likeness (QED) is 0.751. The Morgan fingerprint density at radius 3 is 2.58 bits per heavy atom. The molecule has 5 nitrogen and oxygen atoms in total. The number of carboxylic acid groups (broad SMARTS) is 1. The molecular formula is C21H19N3O2. The Bertz CT molecular complexity index is 941. The molecule has 0 fully saturated rings. The minimum absolute atomic E-state index is 0.600. The van der Waals surface area contributed by atoms with Gasteiger partial charge in [-0.05, 0) is 30.4 Å². The van der Waals surface area contributed by atoms with Crippen LogP contribution in [0.1, 0.15) is 29.2 Å². The normalized spacial score (nSPS) is 13.8. The van der Waals surface area contributed by atoms with E-state index in [1.165, 1.54) is 11.9 Å². The number of aliphatic carboxylic acids is 1. The first-order chi connectivity index (χ1) is 12.7. The smallest absolute Gasteiger partial charge is 0.330 e. The zero-order chi connectivity index (χ0) is 17.9. The fourth-order valence-corrected chi connectivity index (χ4v) is 3.50. The molecule has 0 unspecified atom stereocenters. The maximum atomic E-state index is 11.8. The molecule has 0 saturated heterocycles. The number of aryl methyl sites for hydroxylation is 1. The van der Waals surface area contributed by atoms with Crippen LogP contribution in [0.5, 0.6) is 0 Å². The lowest BCUT2D eigenvalue weighted by atomic mass is 10.0. The van der Waals surface area contributed by atoms with E-state index in [1.807, 2.05) is 30.3 Å². The lowest BCUT2D eigenvalue weighted by Crippen LogP contribution is -2.22. The first-order valence-electron chi connectivity index (χ1n) is 8.70. The SMILES string of the molecule is O=C(O)[C@H](Nc1ncnc2c1CCCc1ccccc1-2)c1ccccc1. The molecule has 0 bridgehead atoms. The van der Waals surface area contributed by atoms with Gasteiger partial charge in [-0.15, -0.1) is 0 Å². The van der Waals surface area contributed by atoms with Crippen LogP contribution in [0.4, 0.5) is 5.82 Å². The Kier molecular flexibility index (Phi) is 4.35. The van der Waals surface area contributed by atoms with Gasteiger partial charge in [-0.1, -0.05) is 54.6 Å². The Morgan fingerprint density at radius 2 is 1.77 bits per heavy atom. The van der Waals surface area contributed by atoms with Gasteiger partial charge in [-0.25, -0.2) is 14.8 Å². The number of carbonyl (C=O) groups is 1. The Morgan fingerprint density at radius 1 is 1.00 bits per heavy atom. The van der Waals surface area contributed by atoms with Gasteiger partial charge in [0.2, 0.25) is 0 Å².